The average molecular weight is 311 g/mol. The van der Waals surface area contributed by atoms with Crippen molar-refractivity contribution in [3.8, 4) is 0 Å². The van der Waals surface area contributed by atoms with Gasteiger partial charge in [0.25, 0.3) is 11.5 Å². The van der Waals surface area contributed by atoms with E-state index in [0.717, 1.165) is 31.2 Å². The van der Waals surface area contributed by atoms with Crippen molar-refractivity contribution in [3.63, 3.8) is 0 Å². The summed E-state index contributed by atoms with van der Waals surface area (Å²) in [5.74, 6) is -0.196. The molecule has 0 aliphatic heterocycles. The van der Waals surface area contributed by atoms with Gasteiger partial charge in [0.2, 0.25) is 0 Å². The van der Waals surface area contributed by atoms with Gasteiger partial charge in [-0.1, -0.05) is 49.6 Å². The summed E-state index contributed by atoms with van der Waals surface area (Å²) >= 11 is 0. The zero-order chi connectivity index (χ0) is 16.1. The van der Waals surface area contributed by atoms with Gasteiger partial charge in [0.05, 0.1) is 6.54 Å². The van der Waals surface area contributed by atoms with Gasteiger partial charge in [-0.15, -0.1) is 0 Å². The number of carbonyl (C=O) groups is 1. The lowest BCUT2D eigenvalue weighted by Crippen LogP contribution is -2.37. The summed E-state index contributed by atoms with van der Waals surface area (Å²) in [6, 6.07) is 12.8. The van der Waals surface area contributed by atoms with E-state index in [0.29, 0.717) is 12.2 Å². The van der Waals surface area contributed by atoms with Crippen LogP contribution in [0.15, 0.2) is 47.3 Å². The summed E-state index contributed by atoms with van der Waals surface area (Å²) in [5, 5.41) is 7.25. The lowest BCUT2D eigenvalue weighted by atomic mass is 9.95. The molecule has 1 aromatic carbocycles. The molecule has 3 rings (SSSR count). The normalized spacial score (nSPS) is 15.3. The fourth-order valence-corrected chi connectivity index (χ4v) is 2.95. The molecule has 1 fully saturated rings. The van der Waals surface area contributed by atoms with E-state index < -0.39 is 0 Å². The lowest BCUT2D eigenvalue weighted by Gasteiger charge is -2.22. The fourth-order valence-electron chi connectivity index (χ4n) is 2.95. The van der Waals surface area contributed by atoms with E-state index in [4.69, 9.17) is 0 Å². The van der Waals surface area contributed by atoms with Gasteiger partial charge in [0, 0.05) is 12.1 Å². The second kappa shape index (κ2) is 7.22. The molecule has 1 heterocycles. The van der Waals surface area contributed by atoms with Crippen LogP contribution in [0.4, 0.5) is 0 Å². The van der Waals surface area contributed by atoms with Crippen molar-refractivity contribution in [1.82, 2.24) is 15.1 Å². The molecular formula is C18H21N3O2. The largest absolute Gasteiger partial charge is 0.348 e. The number of hydrogen-bond donors (Lipinski definition) is 1. The lowest BCUT2D eigenvalue weighted by molar-refractivity contribution is 0.0920. The first-order valence-corrected chi connectivity index (χ1v) is 8.15. The molecule has 0 spiro atoms. The maximum Gasteiger partial charge on any atom is 0.271 e. The quantitative estimate of drug-likeness (QED) is 0.942. The molecule has 1 amide bonds. The van der Waals surface area contributed by atoms with Crippen molar-refractivity contribution in [2.75, 3.05) is 0 Å². The van der Waals surface area contributed by atoms with E-state index in [-0.39, 0.29) is 17.5 Å². The van der Waals surface area contributed by atoms with Gasteiger partial charge in [-0.3, -0.25) is 9.59 Å². The van der Waals surface area contributed by atoms with Gasteiger partial charge < -0.3 is 5.32 Å². The third-order valence-electron chi connectivity index (χ3n) is 4.21. The van der Waals surface area contributed by atoms with Gasteiger partial charge in [0.15, 0.2) is 0 Å². The van der Waals surface area contributed by atoms with Gasteiger partial charge in [-0.05, 0) is 24.5 Å². The number of aromatic nitrogens is 2. The standard InChI is InChI=1S/C18H21N3O2/c22-17-12-11-16(18(23)19-15-9-5-2-6-10-15)20-21(17)13-14-7-3-1-4-8-14/h1,3-4,7-8,11-12,15H,2,5-6,9-10,13H2,(H,19,23). The Hall–Kier alpha value is -2.43. The summed E-state index contributed by atoms with van der Waals surface area (Å²) in [7, 11) is 0. The molecule has 0 saturated heterocycles. The van der Waals surface area contributed by atoms with Gasteiger partial charge >= 0.3 is 0 Å². The molecule has 1 aliphatic rings. The van der Waals surface area contributed by atoms with Crippen LogP contribution in [0.2, 0.25) is 0 Å². The predicted molar refractivity (Wildman–Crippen MR) is 88.4 cm³/mol. The minimum Gasteiger partial charge on any atom is -0.348 e. The van der Waals surface area contributed by atoms with E-state index in [9.17, 15) is 9.59 Å². The zero-order valence-electron chi connectivity index (χ0n) is 13.1. The smallest absolute Gasteiger partial charge is 0.271 e. The van der Waals surface area contributed by atoms with E-state index in [1.165, 1.54) is 23.2 Å². The summed E-state index contributed by atoms with van der Waals surface area (Å²) < 4.78 is 1.34. The molecule has 5 heteroatoms. The van der Waals surface area contributed by atoms with Crippen LogP contribution in [0.5, 0.6) is 0 Å². The van der Waals surface area contributed by atoms with Crippen molar-refractivity contribution in [2.45, 2.75) is 44.7 Å². The zero-order valence-corrected chi connectivity index (χ0v) is 13.1. The van der Waals surface area contributed by atoms with Crippen molar-refractivity contribution >= 4 is 5.91 Å². The van der Waals surface area contributed by atoms with Crippen LogP contribution in [0.3, 0.4) is 0 Å². The molecule has 120 valence electrons. The maximum atomic E-state index is 12.3. The number of benzene rings is 1. The van der Waals surface area contributed by atoms with Crippen LogP contribution in [-0.4, -0.2) is 21.7 Å². The highest BCUT2D eigenvalue weighted by Crippen LogP contribution is 2.17. The van der Waals surface area contributed by atoms with E-state index in [1.807, 2.05) is 30.3 Å². The SMILES string of the molecule is O=C(NC1CCCCC1)c1ccc(=O)n(Cc2ccccc2)n1. The molecule has 23 heavy (non-hydrogen) atoms. The van der Waals surface area contributed by atoms with E-state index in [1.54, 1.807) is 0 Å². The van der Waals surface area contributed by atoms with Crippen molar-refractivity contribution < 1.29 is 4.79 Å². The summed E-state index contributed by atoms with van der Waals surface area (Å²) in [4.78, 5) is 24.3. The van der Waals surface area contributed by atoms with Crippen LogP contribution < -0.4 is 10.9 Å². The van der Waals surface area contributed by atoms with Crippen LogP contribution in [0.25, 0.3) is 0 Å². The predicted octanol–water partition coefficient (Wildman–Crippen LogP) is 2.35. The number of carbonyl (C=O) groups excluding carboxylic acids is 1. The number of nitrogens with one attached hydrogen (secondary N) is 1. The fraction of sp³-hybridized carbons (Fsp3) is 0.389. The molecule has 1 N–H and O–H groups in total. The highest BCUT2D eigenvalue weighted by Gasteiger charge is 2.18. The third-order valence-corrected chi connectivity index (χ3v) is 4.21. The van der Waals surface area contributed by atoms with Crippen molar-refractivity contribution in [3.05, 3.63) is 64.1 Å². The van der Waals surface area contributed by atoms with Crippen LogP contribution in [-0.2, 0) is 6.54 Å². The number of nitrogens with zero attached hydrogens (tertiary/aromatic N) is 2. The Kier molecular flexibility index (Phi) is 4.86. The highest BCUT2D eigenvalue weighted by molar-refractivity contribution is 5.92. The summed E-state index contributed by atoms with van der Waals surface area (Å²) in [5.41, 5.74) is 1.07. The first-order chi connectivity index (χ1) is 11.2. The molecule has 0 atom stereocenters. The van der Waals surface area contributed by atoms with Crippen molar-refractivity contribution in [1.29, 1.82) is 0 Å². The third kappa shape index (κ3) is 4.06. The van der Waals surface area contributed by atoms with Crippen LogP contribution >= 0.6 is 0 Å². The van der Waals surface area contributed by atoms with Gasteiger partial charge in [0.1, 0.15) is 5.69 Å². The van der Waals surface area contributed by atoms with Gasteiger partial charge in [-0.25, -0.2) is 4.68 Å². The molecule has 2 aromatic rings. The van der Waals surface area contributed by atoms with Crippen LogP contribution in [0, 0.1) is 0 Å². The summed E-state index contributed by atoms with van der Waals surface area (Å²) in [6.07, 6.45) is 5.61. The number of rotatable bonds is 4. The van der Waals surface area contributed by atoms with Crippen molar-refractivity contribution in [2.24, 2.45) is 0 Å². The van der Waals surface area contributed by atoms with E-state index in [2.05, 4.69) is 10.4 Å². The average Bonchev–Trinajstić information content (AvgIpc) is 2.58. The topological polar surface area (TPSA) is 64.0 Å². The molecule has 1 aliphatic carbocycles. The Balaban J connectivity index is 1.74. The summed E-state index contributed by atoms with van der Waals surface area (Å²) in [6.45, 7) is 0.365. The Bertz CT molecular complexity index is 719. The minimum atomic E-state index is -0.205. The Morgan fingerprint density at radius 1 is 1.09 bits per heavy atom. The monoisotopic (exact) mass is 311 g/mol. The van der Waals surface area contributed by atoms with E-state index >= 15 is 0 Å². The Morgan fingerprint density at radius 3 is 2.57 bits per heavy atom. The Morgan fingerprint density at radius 2 is 1.83 bits per heavy atom. The van der Waals surface area contributed by atoms with Crippen LogP contribution in [0.1, 0.15) is 48.2 Å². The highest BCUT2D eigenvalue weighted by atomic mass is 16.2. The van der Waals surface area contributed by atoms with Gasteiger partial charge in [-0.2, -0.15) is 5.10 Å². The molecule has 0 unspecified atom stereocenters. The second-order valence-electron chi connectivity index (χ2n) is 6.01. The molecule has 1 aromatic heterocycles. The first kappa shape index (κ1) is 15.5. The molecule has 0 bridgehead atoms. The molecule has 1 saturated carbocycles. The number of amides is 1. The maximum absolute atomic E-state index is 12.3. The number of hydrogen-bond acceptors (Lipinski definition) is 3. The minimum absolute atomic E-state index is 0.196. The second-order valence-corrected chi connectivity index (χ2v) is 6.01. The molecule has 5 nitrogen and oxygen atoms in total. The first-order valence-electron chi connectivity index (χ1n) is 8.15. The Labute approximate surface area is 135 Å². The molecule has 0 radical (unpaired) electrons. The molecular weight excluding hydrogens is 290 g/mol.